The van der Waals surface area contributed by atoms with E-state index in [9.17, 15) is 37.6 Å². The monoisotopic (exact) mass is 544 g/mol. The van der Waals surface area contributed by atoms with Gasteiger partial charge >= 0.3 is 5.97 Å². The van der Waals surface area contributed by atoms with E-state index in [1.165, 1.54) is 12.1 Å². The lowest BCUT2D eigenvalue weighted by Crippen LogP contribution is -2.61. The summed E-state index contributed by atoms with van der Waals surface area (Å²) in [5, 5.41) is 23.2. The molecule has 4 aliphatic rings. The van der Waals surface area contributed by atoms with Gasteiger partial charge < -0.3 is 14.9 Å². The Hall–Kier alpha value is -2.66. The lowest BCUT2D eigenvalue weighted by molar-refractivity contribution is -0.178. The highest BCUT2D eigenvalue weighted by Gasteiger charge is 2.68. The fraction of sp³-hybridized carbons (Fsp3) is 0.536. The molecule has 3 saturated carbocycles. The van der Waals surface area contributed by atoms with Crippen molar-refractivity contribution in [3.8, 4) is 0 Å². The fourth-order valence-electron chi connectivity index (χ4n) is 7.91. The van der Waals surface area contributed by atoms with Crippen LogP contribution in [0.5, 0.6) is 0 Å². The molecule has 3 N–H and O–H groups in total. The first-order valence-corrected chi connectivity index (χ1v) is 14.3. The molecule has 1 aromatic rings. The number of esters is 1. The van der Waals surface area contributed by atoms with Crippen LogP contribution in [0.15, 0.2) is 53.0 Å². The summed E-state index contributed by atoms with van der Waals surface area (Å²) >= 11 is 0. The highest BCUT2D eigenvalue weighted by molar-refractivity contribution is 7.85. The summed E-state index contributed by atoms with van der Waals surface area (Å²) < 4.78 is 37.1. The number of benzene rings is 1. The largest absolute Gasteiger partial charge is 0.454 e. The van der Waals surface area contributed by atoms with Crippen molar-refractivity contribution in [2.24, 2.45) is 28.6 Å². The second-order valence-electron chi connectivity index (χ2n) is 11.6. The molecule has 3 unspecified atom stereocenters. The smallest absolute Gasteiger partial charge is 0.338 e. The summed E-state index contributed by atoms with van der Waals surface area (Å²) in [5.74, 6) is -1.83. The molecule has 0 amide bonds. The van der Waals surface area contributed by atoms with Gasteiger partial charge in [-0.3, -0.25) is 14.1 Å². The van der Waals surface area contributed by atoms with Crippen LogP contribution < -0.4 is 0 Å². The summed E-state index contributed by atoms with van der Waals surface area (Å²) in [6.07, 6.45) is 6.71. The molecule has 9 nitrogen and oxygen atoms in total. The Morgan fingerprint density at radius 1 is 1.18 bits per heavy atom. The number of aliphatic hydroxyl groups excluding tert-OH is 1. The van der Waals surface area contributed by atoms with Crippen molar-refractivity contribution in [1.82, 2.24) is 0 Å². The molecule has 0 saturated heterocycles. The van der Waals surface area contributed by atoms with Crippen molar-refractivity contribution in [3.63, 3.8) is 0 Å². The zero-order valence-electron chi connectivity index (χ0n) is 21.3. The second-order valence-corrected chi connectivity index (χ2v) is 13.0. The molecule has 4 aliphatic carbocycles. The maximum atomic E-state index is 13.4. The van der Waals surface area contributed by atoms with E-state index in [0.29, 0.717) is 12.8 Å². The van der Waals surface area contributed by atoms with E-state index < -0.39 is 55.9 Å². The molecule has 204 valence electrons. The first-order valence-electron chi connectivity index (χ1n) is 12.8. The van der Waals surface area contributed by atoms with Crippen molar-refractivity contribution in [2.45, 2.75) is 62.6 Å². The van der Waals surface area contributed by atoms with Crippen LogP contribution in [0.3, 0.4) is 0 Å². The van der Waals surface area contributed by atoms with Crippen LogP contribution >= 0.6 is 0 Å². The van der Waals surface area contributed by atoms with E-state index in [-0.39, 0.29) is 41.9 Å². The number of hydrogen-bond donors (Lipinski definition) is 3. The molecular formula is C28H32O9S. The number of allylic oxidation sites excluding steroid dienone is 4. The number of fused-ring (bicyclic) bond motifs is 5. The number of carbonyl (C=O) groups excluding carboxylic acids is 3. The van der Waals surface area contributed by atoms with E-state index in [0.717, 1.165) is 24.1 Å². The Balaban J connectivity index is 1.34. The molecule has 3 fully saturated rings. The van der Waals surface area contributed by atoms with Gasteiger partial charge in [0.1, 0.15) is 5.60 Å². The molecular weight excluding hydrogens is 512 g/mol. The molecule has 7 atom stereocenters. The van der Waals surface area contributed by atoms with Gasteiger partial charge in [-0.05, 0) is 74.3 Å². The second kappa shape index (κ2) is 8.94. The van der Waals surface area contributed by atoms with Crippen LogP contribution in [0.2, 0.25) is 0 Å². The summed E-state index contributed by atoms with van der Waals surface area (Å²) in [6, 6.07) is 4.62. The van der Waals surface area contributed by atoms with E-state index in [1.54, 1.807) is 12.2 Å². The number of ether oxygens (including phenoxy) is 1. The zero-order valence-corrected chi connectivity index (χ0v) is 22.1. The fourth-order valence-corrected chi connectivity index (χ4v) is 8.43. The molecule has 0 radical (unpaired) electrons. The third-order valence-electron chi connectivity index (χ3n) is 9.81. The summed E-state index contributed by atoms with van der Waals surface area (Å²) in [6.45, 7) is 3.16. The number of ketones is 2. The number of aliphatic hydroxyl groups is 2. The first kappa shape index (κ1) is 26.9. The Labute approximate surface area is 221 Å². The Kier molecular flexibility index (Phi) is 6.34. The summed E-state index contributed by atoms with van der Waals surface area (Å²) in [7, 11) is -4.53. The number of rotatable bonds is 5. The number of hydrogen-bond acceptors (Lipinski definition) is 8. The van der Waals surface area contributed by atoms with Gasteiger partial charge in [0.05, 0.1) is 16.6 Å². The third-order valence-corrected chi connectivity index (χ3v) is 10.7. The molecule has 10 heteroatoms. The van der Waals surface area contributed by atoms with Crippen molar-refractivity contribution in [1.29, 1.82) is 0 Å². The average molecular weight is 545 g/mol. The van der Waals surface area contributed by atoms with Gasteiger partial charge in [0, 0.05) is 16.7 Å². The van der Waals surface area contributed by atoms with Crippen molar-refractivity contribution in [2.75, 3.05) is 6.61 Å². The Morgan fingerprint density at radius 2 is 1.92 bits per heavy atom. The molecule has 1 aromatic carbocycles. The minimum Gasteiger partial charge on any atom is -0.454 e. The Morgan fingerprint density at radius 3 is 2.63 bits per heavy atom. The minimum absolute atomic E-state index is 0.0382. The van der Waals surface area contributed by atoms with Crippen molar-refractivity contribution >= 4 is 27.7 Å². The molecule has 0 aromatic heterocycles. The highest BCUT2D eigenvalue weighted by atomic mass is 32.2. The van der Waals surface area contributed by atoms with Crippen LogP contribution in [0.1, 0.15) is 56.3 Å². The Bertz CT molecular complexity index is 1380. The van der Waals surface area contributed by atoms with Crippen LogP contribution in [0.4, 0.5) is 0 Å². The van der Waals surface area contributed by atoms with Crippen molar-refractivity contribution in [3.05, 3.63) is 53.6 Å². The first-order chi connectivity index (χ1) is 17.7. The van der Waals surface area contributed by atoms with Crippen LogP contribution in [-0.4, -0.2) is 59.0 Å². The quantitative estimate of drug-likeness (QED) is 0.375. The third kappa shape index (κ3) is 4.00. The van der Waals surface area contributed by atoms with Crippen molar-refractivity contribution < 1.29 is 42.3 Å². The minimum atomic E-state index is -4.53. The predicted octanol–water partition coefficient (Wildman–Crippen LogP) is 2.67. The molecule has 0 aliphatic heterocycles. The van der Waals surface area contributed by atoms with Gasteiger partial charge in [0.2, 0.25) is 5.78 Å². The van der Waals surface area contributed by atoms with E-state index in [1.807, 2.05) is 19.9 Å². The van der Waals surface area contributed by atoms with E-state index in [2.05, 4.69) is 0 Å². The van der Waals surface area contributed by atoms with Gasteiger partial charge in [-0.25, -0.2) is 4.79 Å². The molecule has 0 spiro atoms. The number of carbonyl (C=O) groups is 3. The molecule has 0 heterocycles. The highest BCUT2D eigenvalue weighted by Crippen LogP contribution is 2.67. The lowest BCUT2D eigenvalue weighted by atomic mass is 9.46. The van der Waals surface area contributed by atoms with Gasteiger partial charge in [-0.2, -0.15) is 8.42 Å². The normalized spacial score (nSPS) is 38.0. The van der Waals surface area contributed by atoms with Gasteiger partial charge in [-0.1, -0.05) is 31.6 Å². The number of Topliss-reactive ketones (excluding diaryl/α,β-unsaturated/α-hetero) is 1. The van der Waals surface area contributed by atoms with E-state index >= 15 is 0 Å². The van der Waals surface area contributed by atoms with Crippen LogP contribution in [-0.2, 0) is 24.4 Å². The molecule has 38 heavy (non-hydrogen) atoms. The van der Waals surface area contributed by atoms with E-state index in [4.69, 9.17) is 4.74 Å². The molecule has 5 rings (SSSR count). The van der Waals surface area contributed by atoms with Gasteiger partial charge in [0.25, 0.3) is 10.1 Å². The maximum absolute atomic E-state index is 13.4. The zero-order chi connectivity index (χ0) is 27.7. The van der Waals surface area contributed by atoms with Crippen LogP contribution in [0.25, 0.3) is 0 Å². The lowest BCUT2D eigenvalue weighted by Gasteiger charge is -2.59. The molecule has 0 bridgehead atoms. The standard InChI is InChI=1S/C28H32O9S/c1-26-10-8-18(29)13-17(26)6-7-20-21-9-11-28(33,27(21,2)14-22(30)24(20)26)23(31)15-37-25(32)16-4-3-5-19(12-16)38(34,35)36/h3-5,8,10,12-13,20-22,24,30,33H,6-7,9,11,14-15H2,1-2H3,(H,34,35,36)/t20-,21?,22?,24?,26-,27-,28-/m0/s1. The van der Waals surface area contributed by atoms with Crippen LogP contribution in [0, 0.1) is 28.6 Å². The SMILES string of the molecule is C[C@]12C=CC(=O)C=C1CC[C@@H]1C2C(O)C[C@@]2(C)C1CC[C@]2(O)C(=O)COC(=O)c1cccc(S(=O)(=O)O)c1. The average Bonchev–Trinajstić information content (AvgIpc) is 3.13. The summed E-state index contributed by atoms with van der Waals surface area (Å²) in [4.78, 5) is 37.4. The van der Waals surface area contributed by atoms with Gasteiger partial charge in [0.15, 0.2) is 12.4 Å². The topological polar surface area (TPSA) is 155 Å². The maximum Gasteiger partial charge on any atom is 0.338 e. The summed E-state index contributed by atoms with van der Waals surface area (Å²) in [5.41, 5.74) is -2.36. The van der Waals surface area contributed by atoms with Gasteiger partial charge in [-0.15, -0.1) is 0 Å². The predicted molar refractivity (Wildman–Crippen MR) is 135 cm³/mol.